The molecule has 0 aliphatic heterocycles. The van der Waals surface area contributed by atoms with Gasteiger partial charge in [0, 0.05) is 19.6 Å². The molecule has 1 aliphatic carbocycles. The average Bonchev–Trinajstić information content (AvgIpc) is 2.44. The minimum Gasteiger partial charge on any atom is -0.480 e. The Bertz CT molecular complexity index is 544. The van der Waals surface area contributed by atoms with Gasteiger partial charge in [-0.25, -0.2) is 0 Å². The van der Waals surface area contributed by atoms with Crippen molar-refractivity contribution in [1.82, 2.24) is 0 Å². The Morgan fingerprint density at radius 1 is 1.38 bits per heavy atom. The normalized spacial score (nSPS) is 21.0. The molecule has 2 rings (SSSR count). The summed E-state index contributed by atoms with van der Waals surface area (Å²) in [6.45, 7) is 2.42. The number of rotatable bonds is 7. The fourth-order valence-electron chi connectivity index (χ4n) is 2.06. The highest BCUT2D eigenvalue weighted by atomic mass is 16.6. The predicted octanol–water partition coefficient (Wildman–Crippen LogP) is 1.66. The molecule has 0 radical (unpaired) electrons. The number of carbonyl (C=O) groups excluding carboxylic acids is 1. The van der Waals surface area contributed by atoms with E-state index in [1.165, 1.54) is 13.2 Å². The number of nitro benzene ring substituents is 1. The molecule has 0 N–H and O–H groups in total. The van der Waals surface area contributed by atoms with Gasteiger partial charge in [-0.1, -0.05) is 6.07 Å². The summed E-state index contributed by atoms with van der Waals surface area (Å²) in [5, 5.41) is 11.0. The SMILES string of the molecule is COCCOC1C(=O)CC1Oc1ccc(C)cc1[N+](=O)[O-]. The Kier molecular flexibility index (Phi) is 4.87. The molecular weight excluding hydrogens is 278 g/mol. The number of methoxy groups -OCH3 is 1. The number of aryl methyl sites for hydroxylation is 1. The Morgan fingerprint density at radius 3 is 2.76 bits per heavy atom. The van der Waals surface area contributed by atoms with Gasteiger partial charge >= 0.3 is 5.69 Å². The van der Waals surface area contributed by atoms with Crippen LogP contribution in [0.15, 0.2) is 18.2 Å². The summed E-state index contributed by atoms with van der Waals surface area (Å²) in [5.74, 6) is 0.0920. The van der Waals surface area contributed by atoms with Crippen LogP contribution in [0.25, 0.3) is 0 Å². The largest absolute Gasteiger partial charge is 0.480 e. The number of hydrogen-bond acceptors (Lipinski definition) is 6. The molecule has 1 aliphatic rings. The number of ketones is 1. The number of benzene rings is 1. The zero-order valence-electron chi connectivity index (χ0n) is 11.9. The molecule has 0 bridgehead atoms. The van der Waals surface area contributed by atoms with Gasteiger partial charge in [-0.15, -0.1) is 0 Å². The lowest BCUT2D eigenvalue weighted by atomic mass is 9.90. The first-order valence-electron chi connectivity index (χ1n) is 6.58. The van der Waals surface area contributed by atoms with Crippen molar-refractivity contribution >= 4 is 11.5 Å². The topological polar surface area (TPSA) is 87.9 Å². The van der Waals surface area contributed by atoms with Crippen molar-refractivity contribution in [3.63, 3.8) is 0 Å². The summed E-state index contributed by atoms with van der Waals surface area (Å²) in [6.07, 6.45) is -0.973. The van der Waals surface area contributed by atoms with E-state index in [-0.39, 0.29) is 30.2 Å². The molecule has 0 amide bonds. The lowest BCUT2D eigenvalue weighted by Crippen LogP contribution is -2.52. The Morgan fingerprint density at radius 2 is 2.14 bits per heavy atom. The Labute approximate surface area is 122 Å². The molecule has 2 unspecified atom stereocenters. The number of ether oxygens (including phenoxy) is 3. The number of hydrogen-bond donors (Lipinski definition) is 0. The van der Waals surface area contributed by atoms with Gasteiger partial charge in [0.25, 0.3) is 0 Å². The molecule has 1 aromatic carbocycles. The quantitative estimate of drug-likeness (QED) is 0.432. The molecule has 7 nitrogen and oxygen atoms in total. The zero-order chi connectivity index (χ0) is 15.4. The lowest BCUT2D eigenvalue weighted by Gasteiger charge is -2.34. The van der Waals surface area contributed by atoms with Crippen LogP contribution in [-0.2, 0) is 14.3 Å². The highest BCUT2D eigenvalue weighted by Gasteiger charge is 2.43. The number of nitrogens with zero attached hydrogens (tertiary/aromatic N) is 1. The molecule has 1 saturated carbocycles. The second kappa shape index (κ2) is 6.64. The van der Waals surface area contributed by atoms with Crippen molar-refractivity contribution in [3.8, 4) is 5.75 Å². The van der Waals surface area contributed by atoms with Crippen LogP contribution in [0.4, 0.5) is 5.69 Å². The fraction of sp³-hybridized carbons (Fsp3) is 0.500. The van der Waals surface area contributed by atoms with E-state index in [1.54, 1.807) is 19.1 Å². The first-order chi connectivity index (χ1) is 10.0. The van der Waals surface area contributed by atoms with Crippen LogP contribution in [0.1, 0.15) is 12.0 Å². The molecule has 1 aromatic rings. The zero-order valence-corrected chi connectivity index (χ0v) is 11.9. The molecule has 0 aromatic heterocycles. The average molecular weight is 295 g/mol. The van der Waals surface area contributed by atoms with Crippen molar-refractivity contribution in [2.24, 2.45) is 0 Å². The first-order valence-corrected chi connectivity index (χ1v) is 6.58. The van der Waals surface area contributed by atoms with Crippen molar-refractivity contribution in [1.29, 1.82) is 0 Å². The van der Waals surface area contributed by atoms with Crippen molar-refractivity contribution in [2.75, 3.05) is 20.3 Å². The van der Waals surface area contributed by atoms with Crippen LogP contribution in [0.2, 0.25) is 0 Å². The van der Waals surface area contributed by atoms with E-state index in [1.807, 2.05) is 0 Å². The van der Waals surface area contributed by atoms with Crippen LogP contribution in [0.5, 0.6) is 5.75 Å². The number of Topliss-reactive ketones (excluding diaryl/α,β-unsaturated/α-hetero) is 1. The maximum absolute atomic E-state index is 11.5. The summed E-state index contributed by atoms with van der Waals surface area (Å²) < 4.78 is 15.8. The van der Waals surface area contributed by atoms with Crippen molar-refractivity contribution in [2.45, 2.75) is 25.6 Å². The third-order valence-corrected chi connectivity index (χ3v) is 3.23. The maximum atomic E-state index is 11.5. The standard InChI is InChI=1S/C14H17NO6/c1-9-3-4-12(10(7-9)15(17)18)21-13-8-11(16)14(13)20-6-5-19-2/h3-4,7,13-14H,5-6,8H2,1-2H3. The molecule has 0 spiro atoms. The third kappa shape index (κ3) is 3.56. The summed E-state index contributed by atoms with van der Waals surface area (Å²) in [7, 11) is 1.54. The monoisotopic (exact) mass is 295 g/mol. The predicted molar refractivity (Wildman–Crippen MR) is 73.5 cm³/mol. The van der Waals surface area contributed by atoms with Crippen LogP contribution in [-0.4, -0.2) is 43.2 Å². The third-order valence-electron chi connectivity index (χ3n) is 3.23. The van der Waals surface area contributed by atoms with Crippen LogP contribution < -0.4 is 4.74 Å². The van der Waals surface area contributed by atoms with E-state index in [2.05, 4.69) is 0 Å². The lowest BCUT2D eigenvalue weighted by molar-refractivity contribution is -0.386. The van der Waals surface area contributed by atoms with Crippen molar-refractivity contribution in [3.05, 3.63) is 33.9 Å². The fourth-order valence-corrected chi connectivity index (χ4v) is 2.06. The number of carbonyl (C=O) groups is 1. The summed E-state index contributed by atoms with van der Waals surface area (Å²) >= 11 is 0. The Hall–Kier alpha value is -1.99. The second-order valence-corrected chi connectivity index (χ2v) is 4.84. The molecule has 0 saturated heterocycles. The molecule has 114 valence electrons. The van der Waals surface area contributed by atoms with Gasteiger partial charge in [0.2, 0.25) is 0 Å². The van der Waals surface area contributed by atoms with Crippen LogP contribution in [0, 0.1) is 17.0 Å². The van der Waals surface area contributed by atoms with E-state index in [4.69, 9.17) is 14.2 Å². The molecular formula is C14H17NO6. The summed E-state index contributed by atoms with van der Waals surface area (Å²) in [6, 6.07) is 4.71. The highest BCUT2D eigenvalue weighted by molar-refractivity contribution is 5.90. The van der Waals surface area contributed by atoms with E-state index >= 15 is 0 Å². The van der Waals surface area contributed by atoms with E-state index in [9.17, 15) is 14.9 Å². The molecule has 2 atom stereocenters. The van der Waals surface area contributed by atoms with E-state index < -0.39 is 17.1 Å². The van der Waals surface area contributed by atoms with Crippen LogP contribution in [0.3, 0.4) is 0 Å². The van der Waals surface area contributed by atoms with Gasteiger partial charge in [0.15, 0.2) is 17.6 Å². The van der Waals surface area contributed by atoms with E-state index in [0.717, 1.165) is 5.56 Å². The highest BCUT2D eigenvalue weighted by Crippen LogP contribution is 2.32. The summed E-state index contributed by atoms with van der Waals surface area (Å²) in [4.78, 5) is 22.1. The molecule has 0 heterocycles. The van der Waals surface area contributed by atoms with Gasteiger partial charge in [-0.05, 0) is 18.6 Å². The first kappa shape index (κ1) is 15.4. The molecule has 1 fully saturated rings. The van der Waals surface area contributed by atoms with Gasteiger partial charge in [0.1, 0.15) is 6.10 Å². The number of nitro groups is 1. The van der Waals surface area contributed by atoms with Gasteiger partial charge < -0.3 is 14.2 Å². The minimum atomic E-state index is -0.680. The van der Waals surface area contributed by atoms with E-state index in [0.29, 0.717) is 6.61 Å². The van der Waals surface area contributed by atoms with Gasteiger partial charge in [0.05, 0.1) is 18.1 Å². The second-order valence-electron chi connectivity index (χ2n) is 4.84. The summed E-state index contributed by atoms with van der Waals surface area (Å²) in [5.41, 5.74) is 0.664. The van der Waals surface area contributed by atoms with Crippen LogP contribution >= 0.6 is 0 Å². The maximum Gasteiger partial charge on any atom is 0.311 e. The minimum absolute atomic E-state index is 0.0640. The Balaban J connectivity index is 2.04. The van der Waals surface area contributed by atoms with Gasteiger partial charge in [-0.2, -0.15) is 0 Å². The van der Waals surface area contributed by atoms with Gasteiger partial charge in [-0.3, -0.25) is 14.9 Å². The smallest absolute Gasteiger partial charge is 0.311 e. The van der Waals surface area contributed by atoms with Crippen molar-refractivity contribution < 1.29 is 23.9 Å². The molecule has 7 heteroatoms. The molecule has 21 heavy (non-hydrogen) atoms.